The van der Waals surface area contributed by atoms with Crippen LogP contribution in [0.1, 0.15) is 29.8 Å². The van der Waals surface area contributed by atoms with Gasteiger partial charge >= 0.3 is 0 Å². The molecule has 29 heavy (non-hydrogen) atoms. The van der Waals surface area contributed by atoms with E-state index in [1.54, 1.807) is 23.1 Å². The Morgan fingerprint density at radius 3 is 2.59 bits per heavy atom. The fourth-order valence-electron chi connectivity index (χ4n) is 4.12. The number of anilines is 1. The molecule has 6 nitrogen and oxygen atoms in total. The van der Waals surface area contributed by atoms with Gasteiger partial charge in [-0.3, -0.25) is 9.10 Å². The molecule has 8 heteroatoms. The smallest absolute Gasteiger partial charge is 0.264 e. The fraction of sp³-hybridized carbons (Fsp3) is 0.381. The first-order valence-corrected chi connectivity index (χ1v) is 11.1. The van der Waals surface area contributed by atoms with Crippen LogP contribution in [0.25, 0.3) is 0 Å². The molecule has 1 fully saturated rings. The maximum Gasteiger partial charge on any atom is 0.264 e. The predicted octanol–water partition coefficient (Wildman–Crippen LogP) is 2.68. The lowest BCUT2D eigenvalue weighted by Gasteiger charge is -2.34. The van der Waals surface area contributed by atoms with Gasteiger partial charge in [-0.25, -0.2) is 8.42 Å². The van der Waals surface area contributed by atoms with E-state index in [1.807, 2.05) is 38.1 Å². The van der Waals surface area contributed by atoms with Crippen LogP contribution in [0.5, 0.6) is 0 Å². The van der Waals surface area contributed by atoms with E-state index < -0.39 is 10.0 Å². The Hall–Kier alpha value is -2.09. The Labute approximate surface area is 178 Å². The van der Waals surface area contributed by atoms with Crippen LogP contribution in [0.2, 0.25) is 0 Å². The van der Waals surface area contributed by atoms with Crippen molar-refractivity contribution in [2.45, 2.75) is 37.2 Å². The summed E-state index contributed by atoms with van der Waals surface area (Å²) in [6.45, 7) is 6.01. The average Bonchev–Trinajstić information content (AvgIpc) is 3.04. The number of benzene rings is 2. The van der Waals surface area contributed by atoms with Gasteiger partial charge in [0.15, 0.2) is 0 Å². The zero-order valence-electron chi connectivity index (χ0n) is 16.5. The lowest BCUT2D eigenvalue weighted by molar-refractivity contribution is 0.0655. The van der Waals surface area contributed by atoms with Crippen molar-refractivity contribution in [1.29, 1.82) is 0 Å². The van der Waals surface area contributed by atoms with Gasteiger partial charge in [0.2, 0.25) is 0 Å². The number of amides is 1. The number of nitrogens with zero attached hydrogens (tertiary/aromatic N) is 2. The summed E-state index contributed by atoms with van der Waals surface area (Å²) < 4.78 is 28.3. The highest BCUT2D eigenvalue weighted by Gasteiger charge is 2.36. The van der Waals surface area contributed by atoms with E-state index in [1.165, 1.54) is 10.4 Å². The van der Waals surface area contributed by atoms with Crippen LogP contribution in [-0.2, 0) is 16.4 Å². The van der Waals surface area contributed by atoms with Crippen LogP contribution in [0.3, 0.4) is 0 Å². The summed E-state index contributed by atoms with van der Waals surface area (Å²) in [5.41, 5.74) is 2.16. The number of nitrogens with one attached hydrogen (secondary N) is 1. The molecule has 0 saturated carbocycles. The summed E-state index contributed by atoms with van der Waals surface area (Å²) in [6.07, 6.45) is 0.687. The van der Waals surface area contributed by atoms with Crippen molar-refractivity contribution < 1.29 is 13.2 Å². The molecule has 1 saturated heterocycles. The molecule has 1 N–H and O–H groups in total. The molecule has 2 atom stereocenters. The molecular weight excluding hydrogens is 410 g/mol. The number of rotatable bonds is 3. The monoisotopic (exact) mass is 435 g/mol. The van der Waals surface area contributed by atoms with Crippen LogP contribution in [0.4, 0.5) is 5.69 Å². The molecule has 2 heterocycles. The van der Waals surface area contributed by atoms with E-state index in [0.717, 1.165) is 24.3 Å². The second-order valence-corrected chi connectivity index (χ2v) is 9.38. The molecule has 2 aliphatic rings. The van der Waals surface area contributed by atoms with Gasteiger partial charge in [0.25, 0.3) is 15.9 Å². The SMILES string of the molecule is CC1Cc2ccccc2N1S(=O)(=O)c1cccc(C(=O)N2CCNC[C@@H]2C)c1.Cl. The molecule has 156 valence electrons. The van der Waals surface area contributed by atoms with Crippen LogP contribution in [-0.4, -0.2) is 50.9 Å². The number of piperazine rings is 1. The summed E-state index contributed by atoms with van der Waals surface area (Å²) >= 11 is 0. The molecule has 1 unspecified atom stereocenters. The molecule has 4 rings (SSSR count). The molecule has 0 aromatic heterocycles. The number of hydrogen-bond acceptors (Lipinski definition) is 4. The predicted molar refractivity (Wildman–Crippen MR) is 116 cm³/mol. The number of hydrogen-bond donors (Lipinski definition) is 1. The largest absolute Gasteiger partial charge is 0.333 e. The van der Waals surface area contributed by atoms with E-state index in [-0.39, 0.29) is 35.3 Å². The van der Waals surface area contributed by atoms with E-state index in [2.05, 4.69) is 5.32 Å². The molecular formula is C21H26ClN3O3S. The van der Waals surface area contributed by atoms with E-state index in [9.17, 15) is 13.2 Å². The lowest BCUT2D eigenvalue weighted by atomic mass is 10.1. The van der Waals surface area contributed by atoms with Crippen LogP contribution < -0.4 is 9.62 Å². The van der Waals surface area contributed by atoms with Crippen LogP contribution >= 0.6 is 12.4 Å². The number of carbonyl (C=O) groups is 1. The Morgan fingerprint density at radius 2 is 1.83 bits per heavy atom. The van der Waals surface area contributed by atoms with Crippen molar-refractivity contribution in [3.63, 3.8) is 0 Å². The minimum absolute atomic E-state index is 0. The summed E-state index contributed by atoms with van der Waals surface area (Å²) in [5.74, 6) is -0.124. The third-order valence-electron chi connectivity index (χ3n) is 5.54. The summed E-state index contributed by atoms with van der Waals surface area (Å²) in [4.78, 5) is 14.9. The zero-order valence-corrected chi connectivity index (χ0v) is 18.2. The number of para-hydroxylation sites is 1. The molecule has 2 aromatic carbocycles. The van der Waals surface area contributed by atoms with Gasteiger partial charge in [-0.05, 0) is 50.1 Å². The minimum atomic E-state index is -3.75. The van der Waals surface area contributed by atoms with Gasteiger partial charge in [-0.2, -0.15) is 0 Å². The second kappa shape index (κ2) is 8.34. The Bertz CT molecular complexity index is 1010. The molecule has 1 amide bonds. The van der Waals surface area contributed by atoms with Crippen molar-refractivity contribution in [2.24, 2.45) is 0 Å². The highest BCUT2D eigenvalue weighted by Crippen LogP contribution is 2.36. The standard InChI is InChI=1S/C21H25N3O3S.ClH/c1-15-12-17-6-3-4-9-20(17)24(15)28(26,27)19-8-5-7-18(13-19)21(25)23-11-10-22-14-16(23)2;/h3-9,13,15-16,22H,10-12,14H2,1-2H3;1H/t15?,16-;/m0./s1. The fourth-order valence-corrected chi connectivity index (χ4v) is 5.85. The molecule has 0 radical (unpaired) electrons. The minimum Gasteiger partial charge on any atom is -0.333 e. The van der Waals surface area contributed by atoms with Gasteiger partial charge in [-0.1, -0.05) is 24.3 Å². The van der Waals surface area contributed by atoms with Crippen molar-refractivity contribution in [3.05, 3.63) is 59.7 Å². The maximum absolute atomic E-state index is 13.4. The summed E-state index contributed by atoms with van der Waals surface area (Å²) in [5, 5.41) is 3.26. The van der Waals surface area contributed by atoms with Crippen LogP contribution in [0, 0.1) is 0 Å². The topological polar surface area (TPSA) is 69.7 Å². The van der Waals surface area contributed by atoms with E-state index in [0.29, 0.717) is 18.5 Å². The lowest BCUT2D eigenvalue weighted by Crippen LogP contribution is -2.52. The van der Waals surface area contributed by atoms with Gasteiger partial charge in [0.05, 0.1) is 10.6 Å². The molecule has 0 spiro atoms. The Morgan fingerprint density at radius 1 is 1.07 bits per heavy atom. The number of fused-ring (bicyclic) bond motifs is 1. The van der Waals surface area contributed by atoms with Gasteiger partial charge in [-0.15, -0.1) is 12.4 Å². The van der Waals surface area contributed by atoms with Crippen LogP contribution in [0.15, 0.2) is 53.4 Å². The highest BCUT2D eigenvalue weighted by atomic mass is 35.5. The van der Waals surface area contributed by atoms with Crippen molar-refractivity contribution >= 4 is 34.0 Å². The van der Waals surface area contributed by atoms with Crippen molar-refractivity contribution in [1.82, 2.24) is 10.2 Å². The first-order valence-electron chi connectivity index (χ1n) is 9.63. The molecule has 0 bridgehead atoms. The average molecular weight is 436 g/mol. The summed E-state index contributed by atoms with van der Waals surface area (Å²) in [6, 6.07) is 13.9. The molecule has 2 aromatic rings. The number of halogens is 1. The van der Waals surface area contributed by atoms with Gasteiger partial charge in [0.1, 0.15) is 0 Å². The maximum atomic E-state index is 13.4. The summed E-state index contributed by atoms with van der Waals surface area (Å²) in [7, 11) is -3.75. The third kappa shape index (κ3) is 3.86. The van der Waals surface area contributed by atoms with E-state index in [4.69, 9.17) is 0 Å². The molecule has 0 aliphatic carbocycles. The Balaban J connectivity index is 0.00000240. The quantitative estimate of drug-likeness (QED) is 0.804. The first kappa shape index (κ1) is 21.6. The zero-order chi connectivity index (χ0) is 19.9. The molecule has 2 aliphatic heterocycles. The second-order valence-electron chi connectivity index (χ2n) is 7.56. The Kier molecular flexibility index (Phi) is 6.22. The van der Waals surface area contributed by atoms with Gasteiger partial charge in [0, 0.05) is 37.3 Å². The number of carbonyl (C=O) groups excluding carboxylic acids is 1. The highest BCUT2D eigenvalue weighted by molar-refractivity contribution is 7.92. The van der Waals surface area contributed by atoms with Crippen molar-refractivity contribution in [3.8, 4) is 0 Å². The van der Waals surface area contributed by atoms with Crippen molar-refractivity contribution in [2.75, 3.05) is 23.9 Å². The third-order valence-corrected chi connectivity index (χ3v) is 7.47. The van der Waals surface area contributed by atoms with Gasteiger partial charge < -0.3 is 10.2 Å². The number of sulfonamides is 1. The normalized spacial score (nSPS) is 21.4. The van der Waals surface area contributed by atoms with E-state index >= 15 is 0 Å². The first-order chi connectivity index (χ1) is 13.4.